The van der Waals surface area contributed by atoms with Crippen LogP contribution in [0.3, 0.4) is 0 Å². The van der Waals surface area contributed by atoms with Crippen molar-refractivity contribution in [2.45, 2.75) is 78.2 Å². The maximum absolute atomic E-state index is 13.3. The molecule has 1 saturated heterocycles. The van der Waals surface area contributed by atoms with Crippen LogP contribution in [-0.2, 0) is 24.4 Å². The van der Waals surface area contributed by atoms with Gasteiger partial charge in [0.05, 0.1) is 24.2 Å². The van der Waals surface area contributed by atoms with Crippen LogP contribution in [0.4, 0.5) is 0 Å². The number of rotatable bonds is 10. The Morgan fingerprint density at radius 2 is 2.11 bits per heavy atom. The topological polar surface area (TPSA) is 88.9 Å². The van der Waals surface area contributed by atoms with E-state index in [0.717, 1.165) is 72.3 Å². The van der Waals surface area contributed by atoms with Crippen molar-refractivity contribution in [3.8, 4) is 0 Å². The summed E-state index contributed by atoms with van der Waals surface area (Å²) in [7, 11) is 0. The lowest BCUT2D eigenvalue weighted by atomic mass is 10.0. The number of aromatic nitrogens is 5. The largest absolute Gasteiger partial charge is 0.376 e. The average Bonchev–Trinajstić information content (AvgIpc) is 3.65. The molecule has 1 aliphatic heterocycles. The molecule has 2 atom stereocenters. The second-order valence-corrected chi connectivity index (χ2v) is 10.8. The van der Waals surface area contributed by atoms with Gasteiger partial charge in [0, 0.05) is 35.5 Å². The molecule has 0 saturated carbocycles. The van der Waals surface area contributed by atoms with Crippen LogP contribution < -0.4 is 5.56 Å². The summed E-state index contributed by atoms with van der Waals surface area (Å²) in [4.78, 5) is 20.0. The van der Waals surface area contributed by atoms with Gasteiger partial charge in [0.1, 0.15) is 0 Å². The first-order valence-corrected chi connectivity index (χ1v) is 13.7. The van der Waals surface area contributed by atoms with Gasteiger partial charge in [0.25, 0.3) is 5.56 Å². The molecule has 0 radical (unpaired) electrons. The van der Waals surface area contributed by atoms with E-state index >= 15 is 0 Å². The van der Waals surface area contributed by atoms with E-state index < -0.39 is 0 Å². The van der Waals surface area contributed by atoms with Gasteiger partial charge in [0.15, 0.2) is 5.82 Å². The molecule has 1 N–H and O–H groups in total. The summed E-state index contributed by atoms with van der Waals surface area (Å²) in [5, 5.41) is 16.1. The molecule has 9 heteroatoms. The molecule has 4 aromatic rings. The van der Waals surface area contributed by atoms with E-state index in [0.29, 0.717) is 13.1 Å². The molecule has 8 nitrogen and oxygen atoms in total. The number of nitrogens with zero attached hydrogens (tertiary/aromatic N) is 5. The molecule has 36 heavy (non-hydrogen) atoms. The molecule has 0 spiro atoms. The number of H-pyrrole nitrogens is 1. The van der Waals surface area contributed by atoms with Crippen molar-refractivity contribution in [2.75, 3.05) is 6.61 Å². The predicted molar refractivity (Wildman–Crippen MR) is 142 cm³/mol. The predicted octanol–water partition coefficient (Wildman–Crippen LogP) is 4.92. The molecule has 3 aromatic heterocycles. The van der Waals surface area contributed by atoms with E-state index in [1.807, 2.05) is 11.6 Å². The molecule has 190 valence electrons. The van der Waals surface area contributed by atoms with Crippen molar-refractivity contribution >= 4 is 22.2 Å². The Labute approximate surface area is 215 Å². The van der Waals surface area contributed by atoms with Gasteiger partial charge in [-0.15, -0.1) is 16.4 Å². The van der Waals surface area contributed by atoms with Crippen molar-refractivity contribution in [1.29, 1.82) is 0 Å². The average molecular weight is 507 g/mol. The van der Waals surface area contributed by atoms with Gasteiger partial charge >= 0.3 is 0 Å². The number of pyridine rings is 1. The fourth-order valence-electron chi connectivity index (χ4n) is 5.14. The van der Waals surface area contributed by atoms with E-state index in [2.05, 4.69) is 75.0 Å². The zero-order valence-electron chi connectivity index (χ0n) is 21.2. The minimum Gasteiger partial charge on any atom is -0.376 e. The molecule has 0 bridgehead atoms. The lowest BCUT2D eigenvalue weighted by molar-refractivity contribution is 0.0885. The van der Waals surface area contributed by atoms with Gasteiger partial charge < -0.3 is 9.72 Å². The standard InChI is InChI=1S/C27H34N6O2S/c1-4-7-24(26-29-30-31-33(26)16-21-8-5-12-35-21)32(17-22-9-6-13-36-22)15-20-14-23-18(2)10-11-19(3)25(23)28-27(20)34/h6,9-11,13-14,21,24H,4-5,7-8,12,15-17H2,1-3H3,(H,28,34)/t21-,24-/m1/s1. The van der Waals surface area contributed by atoms with Crippen molar-refractivity contribution in [2.24, 2.45) is 0 Å². The maximum Gasteiger partial charge on any atom is 0.252 e. The van der Waals surface area contributed by atoms with Crippen molar-refractivity contribution < 1.29 is 4.74 Å². The fourth-order valence-corrected chi connectivity index (χ4v) is 5.87. The number of hydrogen-bond donors (Lipinski definition) is 1. The normalized spacial score (nSPS) is 16.8. The Balaban J connectivity index is 1.52. The summed E-state index contributed by atoms with van der Waals surface area (Å²) in [5.74, 6) is 0.841. The first-order valence-electron chi connectivity index (χ1n) is 12.8. The van der Waals surface area contributed by atoms with Gasteiger partial charge in [-0.2, -0.15) is 0 Å². The molecular formula is C27H34N6O2S. The Kier molecular flexibility index (Phi) is 7.59. The van der Waals surface area contributed by atoms with E-state index in [1.165, 1.54) is 4.88 Å². The summed E-state index contributed by atoms with van der Waals surface area (Å²) in [6, 6.07) is 10.4. The van der Waals surface area contributed by atoms with E-state index in [4.69, 9.17) is 4.74 Å². The number of aromatic amines is 1. The minimum absolute atomic E-state index is 0.0257. The molecular weight excluding hydrogens is 472 g/mol. The highest BCUT2D eigenvalue weighted by molar-refractivity contribution is 7.09. The molecule has 5 rings (SSSR count). The highest BCUT2D eigenvalue weighted by atomic mass is 32.1. The first-order chi connectivity index (χ1) is 17.5. The Hall–Kier alpha value is -2.88. The van der Waals surface area contributed by atoms with Crippen molar-refractivity contribution in [3.63, 3.8) is 0 Å². The van der Waals surface area contributed by atoms with Crippen LogP contribution in [0.15, 0.2) is 40.5 Å². The number of nitrogens with one attached hydrogen (secondary N) is 1. The second-order valence-electron chi connectivity index (χ2n) is 9.75. The van der Waals surface area contributed by atoms with Gasteiger partial charge in [0.2, 0.25) is 0 Å². The number of tetrazole rings is 1. The second kappa shape index (κ2) is 11.0. The van der Waals surface area contributed by atoms with E-state index in [9.17, 15) is 4.79 Å². The van der Waals surface area contributed by atoms with E-state index in [-0.39, 0.29) is 17.7 Å². The number of hydrogen-bond acceptors (Lipinski definition) is 7. The highest BCUT2D eigenvalue weighted by Crippen LogP contribution is 2.30. The zero-order chi connectivity index (χ0) is 25.1. The van der Waals surface area contributed by atoms with Crippen LogP contribution in [-0.4, -0.2) is 42.8 Å². The molecule has 0 aliphatic carbocycles. The SMILES string of the molecule is CCC[C@H](c1nnnn1C[C@H]1CCCO1)N(Cc1cccs1)Cc1cc2c(C)ccc(C)c2[nH]c1=O. The van der Waals surface area contributed by atoms with Crippen molar-refractivity contribution in [3.05, 3.63) is 73.5 Å². The smallest absolute Gasteiger partial charge is 0.252 e. The van der Waals surface area contributed by atoms with Gasteiger partial charge in [-0.3, -0.25) is 9.69 Å². The van der Waals surface area contributed by atoms with Crippen LogP contribution in [0.25, 0.3) is 10.9 Å². The quantitative estimate of drug-likeness (QED) is 0.329. The number of aryl methyl sites for hydroxylation is 2. The summed E-state index contributed by atoms with van der Waals surface area (Å²) in [6.45, 7) is 8.99. The Bertz CT molecular complexity index is 1360. The molecule has 0 amide bonds. The summed E-state index contributed by atoms with van der Waals surface area (Å²) in [5.41, 5.74) is 3.86. The molecule has 1 fully saturated rings. The molecule has 0 unspecified atom stereocenters. The van der Waals surface area contributed by atoms with Crippen LogP contribution in [0.2, 0.25) is 0 Å². The number of thiophene rings is 1. The third-order valence-electron chi connectivity index (χ3n) is 7.09. The van der Waals surface area contributed by atoms with Gasteiger partial charge in [-0.1, -0.05) is 31.5 Å². The van der Waals surface area contributed by atoms with E-state index in [1.54, 1.807) is 11.3 Å². The van der Waals surface area contributed by atoms with Crippen molar-refractivity contribution in [1.82, 2.24) is 30.1 Å². The Morgan fingerprint density at radius 1 is 1.25 bits per heavy atom. The summed E-state index contributed by atoms with van der Waals surface area (Å²) < 4.78 is 7.78. The fraction of sp³-hybridized carbons (Fsp3) is 0.481. The summed E-state index contributed by atoms with van der Waals surface area (Å²) in [6.07, 6.45) is 4.12. The molecule has 1 aromatic carbocycles. The number of benzene rings is 1. The Morgan fingerprint density at radius 3 is 2.86 bits per heavy atom. The number of fused-ring (bicyclic) bond motifs is 1. The third-order valence-corrected chi connectivity index (χ3v) is 7.96. The first kappa shape index (κ1) is 24.8. The summed E-state index contributed by atoms with van der Waals surface area (Å²) >= 11 is 1.73. The third kappa shape index (κ3) is 5.28. The molecule has 1 aliphatic rings. The van der Waals surface area contributed by atoms with Crippen LogP contribution in [0, 0.1) is 13.8 Å². The zero-order valence-corrected chi connectivity index (χ0v) is 22.1. The maximum atomic E-state index is 13.3. The highest BCUT2D eigenvalue weighted by Gasteiger charge is 2.28. The lowest BCUT2D eigenvalue weighted by Crippen LogP contribution is -2.33. The van der Waals surface area contributed by atoms with Gasteiger partial charge in [-0.25, -0.2) is 4.68 Å². The molecule has 4 heterocycles. The lowest BCUT2D eigenvalue weighted by Gasteiger charge is -2.30. The van der Waals surface area contributed by atoms with Gasteiger partial charge in [-0.05, 0) is 72.2 Å². The van der Waals surface area contributed by atoms with Crippen LogP contribution in [0.1, 0.15) is 66.0 Å². The van der Waals surface area contributed by atoms with Crippen LogP contribution >= 0.6 is 11.3 Å². The monoisotopic (exact) mass is 506 g/mol. The minimum atomic E-state index is -0.0402. The number of ether oxygens (including phenoxy) is 1. The van der Waals surface area contributed by atoms with Crippen LogP contribution in [0.5, 0.6) is 0 Å².